The Morgan fingerprint density at radius 3 is 2.65 bits per heavy atom. The van der Waals surface area contributed by atoms with Gasteiger partial charge in [0.2, 0.25) is 5.91 Å². The van der Waals surface area contributed by atoms with Gasteiger partial charge < -0.3 is 9.88 Å². The summed E-state index contributed by atoms with van der Waals surface area (Å²) in [5.74, 6) is 0.778. The number of nitrogens with one attached hydrogen (secondary N) is 2. The number of para-hydroxylation sites is 2. The molecule has 2 aromatic carbocycles. The topological polar surface area (TPSA) is 82.7 Å². The van der Waals surface area contributed by atoms with Gasteiger partial charge in [0.05, 0.1) is 35.3 Å². The van der Waals surface area contributed by atoms with Crippen LogP contribution in [0.25, 0.3) is 11.0 Å². The number of benzene rings is 2. The molecule has 26 heavy (non-hydrogen) atoms. The second kappa shape index (κ2) is 7.81. The predicted octanol–water partition coefficient (Wildman–Crippen LogP) is 3.22. The molecule has 0 spiro atoms. The fourth-order valence-electron chi connectivity index (χ4n) is 2.93. The number of rotatable bonds is 6. The molecule has 3 aromatic rings. The molecule has 6 nitrogen and oxygen atoms in total. The molecule has 1 amide bonds. The highest BCUT2D eigenvalue weighted by Crippen LogP contribution is 2.20. The van der Waals surface area contributed by atoms with Crippen molar-refractivity contribution in [3.63, 3.8) is 0 Å². The summed E-state index contributed by atoms with van der Waals surface area (Å²) in [4.78, 5) is 16.9. The summed E-state index contributed by atoms with van der Waals surface area (Å²) in [7, 11) is 0. The maximum absolute atomic E-state index is 12.2. The van der Waals surface area contributed by atoms with Gasteiger partial charge in [-0.05, 0) is 50.2 Å². The van der Waals surface area contributed by atoms with Crippen LogP contribution in [-0.4, -0.2) is 22.0 Å². The van der Waals surface area contributed by atoms with E-state index in [-0.39, 0.29) is 18.5 Å². The number of carbonyl (C=O) groups excluding carboxylic acids is 1. The summed E-state index contributed by atoms with van der Waals surface area (Å²) >= 11 is 0. The minimum absolute atomic E-state index is 0.0611. The van der Waals surface area contributed by atoms with Crippen molar-refractivity contribution >= 4 is 22.6 Å². The summed E-state index contributed by atoms with van der Waals surface area (Å²) in [5.41, 5.74) is 3.29. The number of amides is 1. The van der Waals surface area contributed by atoms with Gasteiger partial charge in [-0.25, -0.2) is 4.98 Å². The van der Waals surface area contributed by atoms with Crippen LogP contribution in [0.5, 0.6) is 0 Å². The quantitative estimate of drug-likeness (QED) is 0.717. The predicted molar refractivity (Wildman–Crippen MR) is 102 cm³/mol. The summed E-state index contributed by atoms with van der Waals surface area (Å²) in [6, 6.07) is 16.8. The van der Waals surface area contributed by atoms with Gasteiger partial charge >= 0.3 is 0 Å². The van der Waals surface area contributed by atoms with Crippen LogP contribution < -0.4 is 10.6 Å². The number of anilines is 1. The van der Waals surface area contributed by atoms with Crippen LogP contribution in [-0.2, 0) is 11.3 Å². The zero-order valence-corrected chi connectivity index (χ0v) is 14.9. The second-order valence-electron chi connectivity index (χ2n) is 6.04. The van der Waals surface area contributed by atoms with E-state index in [4.69, 9.17) is 10.2 Å². The van der Waals surface area contributed by atoms with Gasteiger partial charge in [-0.1, -0.05) is 12.1 Å². The molecule has 3 rings (SSSR count). The molecule has 0 fully saturated rings. The Hall–Kier alpha value is -3.17. The van der Waals surface area contributed by atoms with E-state index < -0.39 is 0 Å². The Balaban J connectivity index is 1.64. The third kappa shape index (κ3) is 3.73. The van der Waals surface area contributed by atoms with Crippen LogP contribution in [0.4, 0.5) is 5.69 Å². The minimum Gasteiger partial charge on any atom is -0.327 e. The van der Waals surface area contributed by atoms with Crippen LogP contribution in [0, 0.1) is 11.3 Å². The first-order valence-corrected chi connectivity index (χ1v) is 8.61. The molecule has 2 N–H and O–H groups in total. The van der Waals surface area contributed by atoms with E-state index in [0.717, 1.165) is 23.4 Å². The number of aromatic nitrogens is 2. The number of nitrogens with zero attached hydrogens (tertiary/aromatic N) is 3. The fraction of sp³-hybridized carbons (Fsp3) is 0.250. The maximum atomic E-state index is 12.2. The highest BCUT2D eigenvalue weighted by Gasteiger charge is 2.16. The summed E-state index contributed by atoms with van der Waals surface area (Å²) in [6.45, 7) is 5.08. The number of fused-ring (bicyclic) bond motifs is 1. The lowest BCUT2D eigenvalue weighted by Crippen LogP contribution is -2.31. The number of hydrogen-bond acceptors (Lipinski definition) is 4. The lowest BCUT2D eigenvalue weighted by atomic mass is 10.2. The van der Waals surface area contributed by atoms with E-state index in [0.29, 0.717) is 11.3 Å². The normalized spacial score (nSPS) is 11.9. The molecule has 0 aliphatic heterocycles. The molecule has 1 atom stereocenters. The molecular weight excluding hydrogens is 326 g/mol. The first-order chi connectivity index (χ1) is 12.6. The van der Waals surface area contributed by atoms with E-state index in [2.05, 4.69) is 34.3 Å². The molecule has 6 heteroatoms. The third-order valence-electron chi connectivity index (χ3n) is 4.25. The van der Waals surface area contributed by atoms with Crippen molar-refractivity contribution in [2.24, 2.45) is 0 Å². The standard InChI is InChI=1S/C20H21N5O/c1-3-25-18-7-5-4-6-17(18)24-20(25)14(2)22-13-19(26)23-16-10-8-15(12-21)9-11-16/h4-11,14,22H,3,13H2,1-2H3,(H,23,26)/t14-/m1/s1. The Labute approximate surface area is 152 Å². The van der Waals surface area contributed by atoms with Crippen molar-refractivity contribution in [1.82, 2.24) is 14.9 Å². The van der Waals surface area contributed by atoms with Gasteiger partial charge in [0.1, 0.15) is 5.82 Å². The lowest BCUT2D eigenvalue weighted by Gasteiger charge is -2.15. The molecule has 0 unspecified atom stereocenters. The Kier molecular flexibility index (Phi) is 5.30. The SMILES string of the molecule is CCn1c([C@@H](C)NCC(=O)Nc2ccc(C#N)cc2)nc2ccccc21. The van der Waals surface area contributed by atoms with Gasteiger partial charge in [0.25, 0.3) is 0 Å². The molecule has 1 heterocycles. The van der Waals surface area contributed by atoms with Crippen molar-refractivity contribution in [2.45, 2.75) is 26.4 Å². The maximum Gasteiger partial charge on any atom is 0.238 e. The van der Waals surface area contributed by atoms with Crippen LogP contribution in [0.2, 0.25) is 0 Å². The van der Waals surface area contributed by atoms with Crippen molar-refractivity contribution in [3.05, 3.63) is 59.9 Å². The van der Waals surface area contributed by atoms with Crippen LogP contribution in [0.15, 0.2) is 48.5 Å². The third-order valence-corrected chi connectivity index (χ3v) is 4.25. The van der Waals surface area contributed by atoms with Crippen molar-refractivity contribution in [2.75, 3.05) is 11.9 Å². The van der Waals surface area contributed by atoms with Crippen LogP contribution in [0.1, 0.15) is 31.3 Å². The average Bonchev–Trinajstić information content (AvgIpc) is 3.05. The largest absolute Gasteiger partial charge is 0.327 e. The Morgan fingerprint density at radius 1 is 1.23 bits per heavy atom. The average molecular weight is 347 g/mol. The van der Waals surface area contributed by atoms with E-state index in [1.165, 1.54) is 0 Å². The van der Waals surface area contributed by atoms with Crippen LogP contribution in [0.3, 0.4) is 0 Å². The van der Waals surface area contributed by atoms with Gasteiger partial charge in [-0.3, -0.25) is 10.1 Å². The number of imidazole rings is 1. The summed E-state index contributed by atoms with van der Waals surface area (Å²) < 4.78 is 2.16. The van der Waals surface area contributed by atoms with Gasteiger partial charge in [-0.2, -0.15) is 5.26 Å². The highest BCUT2D eigenvalue weighted by molar-refractivity contribution is 5.92. The van der Waals surface area contributed by atoms with Crippen LogP contribution >= 0.6 is 0 Å². The summed E-state index contributed by atoms with van der Waals surface area (Å²) in [6.07, 6.45) is 0. The van der Waals surface area contributed by atoms with Crippen molar-refractivity contribution in [3.8, 4) is 6.07 Å². The van der Waals surface area contributed by atoms with Gasteiger partial charge in [0, 0.05) is 12.2 Å². The molecular formula is C20H21N5O. The number of carbonyl (C=O) groups is 1. The monoisotopic (exact) mass is 347 g/mol. The Morgan fingerprint density at radius 2 is 1.96 bits per heavy atom. The number of nitriles is 1. The fourth-order valence-corrected chi connectivity index (χ4v) is 2.93. The van der Waals surface area contributed by atoms with E-state index in [9.17, 15) is 4.79 Å². The molecule has 0 aliphatic rings. The first-order valence-electron chi connectivity index (χ1n) is 8.61. The molecule has 132 valence electrons. The summed E-state index contributed by atoms with van der Waals surface area (Å²) in [5, 5.41) is 14.9. The first kappa shape index (κ1) is 17.6. The van der Waals surface area contributed by atoms with E-state index in [1.54, 1.807) is 24.3 Å². The highest BCUT2D eigenvalue weighted by atomic mass is 16.1. The van der Waals surface area contributed by atoms with Crippen molar-refractivity contribution in [1.29, 1.82) is 5.26 Å². The second-order valence-corrected chi connectivity index (χ2v) is 6.04. The van der Waals surface area contributed by atoms with Gasteiger partial charge in [-0.15, -0.1) is 0 Å². The molecule has 0 saturated heterocycles. The lowest BCUT2D eigenvalue weighted by molar-refractivity contribution is -0.115. The number of aryl methyl sites for hydroxylation is 1. The zero-order valence-electron chi connectivity index (χ0n) is 14.9. The van der Waals surface area contributed by atoms with E-state index >= 15 is 0 Å². The zero-order chi connectivity index (χ0) is 18.5. The minimum atomic E-state index is -0.138. The molecule has 0 aliphatic carbocycles. The Bertz CT molecular complexity index is 952. The molecule has 0 saturated carbocycles. The molecule has 0 bridgehead atoms. The smallest absolute Gasteiger partial charge is 0.238 e. The van der Waals surface area contributed by atoms with E-state index in [1.807, 2.05) is 25.1 Å². The molecule has 1 aromatic heterocycles. The van der Waals surface area contributed by atoms with Crippen molar-refractivity contribution < 1.29 is 4.79 Å². The molecule has 0 radical (unpaired) electrons. The number of hydrogen-bond donors (Lipinski definition) is 2. The van der Waals surface area contributed by atoms with Gasteiger partial charge in [0.15, 0.2) is 0 Å².